The summed E-state index contributed by atoms with van der Waals surface area (Å²) < 4.78 is 4.69. The number of carbonyl (C=O) groups excluding carboxylic acids is 3. The van der Waals surface area contributed by atoms with Gasteiger partial charge in [-0.25, -0.2) is 14.5 Å². The van der Waals surface area contributed by atoms with Crippen LogP contribution < -0.4 is 9.80 Å². The number of imide groups is 1. The van der Waals surface area contributed by atoms with Crippen molar-refractivity contribution in [2.45, 2.75) is 11.5 Å². The first-order valence-electron chi connectivity index (χ1n) is 11.4. The zero-order valence-electron chi connectivity index (χ0n) is 20.3. The molecule has 2 aromatic carbocycles. The van der Waals surface area contributed by atoms with E-state index in [0.29, 0.717) is 17.9 Å². The van der Waals surface area contributed by atoms with E-state index in [4.69, 9.17) is 27.9 Å². The first-order chi connectivity index (χ1) is 18.2. The topological polar surface area (TPSA) is 120 Å². The number of nitrogens with zero attached hydrogens (tertiary/aromatic N) is 6. The van der Waals surface area contributed by atoms with Crippen LogP contribution in [-0.2, 0) is 9.53 Å². The van der Waals surface area contributed by atoms with Crippen LogP contribution in [-0.4, -0.2) is 65.8 Å². The molecule has 12 heteroatoms. The molecule has 1 spiro atoms. The van der Waals surface area contributed by atoms with Crippen molar-refractivity contribution in [3.05, 3.63) is 81.5 Å². The summed E-state index contributed by atoms with van der Waals surface area (Å²) in [5.74, 6) is -1.13. The van der Waals surface area contributed by atoms with E-state index >= 15 is 0 Å². The third-order valence-electron chi connectivity index (χ3n) is 6.98. The number of nitriles is 1. The van der Waals surface area contributed by atoms with Gasteiger partial charge in [0.2, 0.25) is 0 Å². The van der Waals surface area contributed by atoms with Crippen LogP contribution >= 0.6 is 23.2 Å². The molecule has 0 unspecified atom stereocenters. The standard InChI is InChI=1S/C26H20Cl2N6O4/c1-32-25(37)34(19-10-17(27)9-18(28)11-19)24(36)26(32)14-33(22-8-7-21(30-31-22)23(35)38-2)13-20(26)16-5-3-15(12-29)4-6-16/h3-11,20H,13-14H2,1-2H3/t20-,26+/m0/s1. The lowest BCUT2D eigenvalue weighted by Gasteiger charge is -2.33. The molecule has 0 saturated carbocycles. The average Bonchev–Trinajstić information content (AvgIpc) is 3.41. The lowest BCUT2D eigenvalue weighted by Crippen LogP contribution is -2.53. The predicted molar refractivity (Wildman–Crippen MR) is 139 cm³/mol. The van der Waals surface area contributed by atoms with Crippen molar-refractivity contribution in [2.24, 2.45) is 0 Å². The third kappa shape index (κ3) is 4.00. The monoisotopic (exact) mass is 550 g/mol. The van der Waals surface area contributed by atoms with Crippen molar-refractivity contribution in [1.29, 1.82) is 5.26 Å². The van der Waals surface area contributed by atoms with Crippen LogP contribution in [0.4, 0.5) is 16.3 Å². The Morgan fingerprint density at radius 1 is 1.08 bits per heavy atom. The molecule has 3 heterocycles. The van der Waals surface area contributed by atoms with Crippen LogP contribution in [0.5, 0.6) is 0 Å². The second-order valence-corrected chi connectivity index (χ2v) is 9.84. The van der Waals surface area contributed by atoms with Gasteiger partial charge in [0.25, 0.3) is 5.91 Å². The lowest BCUT2D eigenvalue weighted by atomic mass is 9.80. The fourth-order valence-corrected chi connectivity index (χ4v) is 5.60. The zero-order chi connectivity index (χ0) is 27.2. The molecule has 3 aromatic rings. The van der Waals surface area contributed by atoms with E-state index in [-0.39, 0.29) is 28.0 Å². The van der Waals surface area contributed by atoms with Crippen LogP contribution in [0.3, 0.4) is 0 Å². The lowest BCUT2D eigenvalue weighted by molar-refractivity contribution is -0.124. The Kier molecular flexibility index (Phi) is 6.42. The molecule has 5 rings (SSSR count). The van der Waals surface area contributed by atoms with Crippen LogP contribution in [0.1, 0.15) is 27.5 Å². The van der Waals surface area contributed by atoms with Crippen LogP contribution in [0.2, 0.25) is 10.0 Å². The van der Waals surface area contributed by atoms with Gasteiger partial charge >= 0.3 is 12.0 Å². The molecular weight excluding hydrogens is 531 g/mol. The van der Waals surface area contributed by atoms with Gasteiger partial charge in [0.05, 0.1) is 31.0 Å². The number of hydrogen-bond donors (Lipinski definition) is 0. The highest BCUT2D eigenvalue weighted by atomic mass is 35.5. The van der Waals surface area contributed by atoms with Crippen molar-refractivity contribution < 1.29 is 19.1 Å². The minimum atomic E-state index is -1.32. The van der Waals surface area contributed by atoms with Gasteiger partial charge in [-0.3, -0.25) is 4.79 Å². The smallest absolute Gasteiger partial charge is 0.358 e. The molecule has 2 saturated heterocycles. The molecule has 2 fully saturated rings. The molecule has 1 aromatic heterocycles. The Morgan fingerprint density at radius 3 is 2.34 bits per heavy atom. The molecule has 192 valence electrons. The number of likely N-dealkylation sites (N-methyl/N-ethyl adjacent to an activating group) is 1. The molecule has 0 bridgehead atoms. The SMILES string of the molecule is COC(=O)c1ccc(N2C[C@@H](c3ccc(C#N)cc3)[C@]3(C2)C(=O)N(c2cc(Cl)cc(Cl)c2)C(=O)N3C)nn1. The number of amides is 3. The number of esters is 1. The number of anilines is 2. The van der Waals surface area contributed by atoms with Crippen molar-refractivity contribution >= 4 is 52.6 Å². The van der Waals surface area contributed by atoms with Gasteiger partial charge in [-0.05, 0) is 48.0 Å². The van der Waals surface area contributed by atoms with Crippen LogP contribution in [0.15, 0.2) is 54.6 Å². The molecule has 0 aliphatic carbocycles. The summed E-state index contributed by atoms with van der Waals surface area (Å²) in [5.41, 5.74) is 0.231. The Bertz CT molecular complexity index is 1470. The summed E-state index contributed by atoms with van der Waals surface area (Å²) in [6, 6.07) is 16.1. The van der Waals surface area contributed by atoms with Gasteiger partial charge in [0.15, 0.2) is 11.5 Å². The molecule has 0 radical (unpaired) electrons. The molecule has 38 heavy (non-hydrogen) atoms. The Morgan fingerprint density at radius 2 is 1.76 bits per heavy atom. The van der Waals surface area contributed by atoms with E-state index in [1.807, 2.05) is 4.90 Å². The molecule has 2 atom stereocenters. The molecular formula is C26H20Cl2N6O4. The predicted octanol–water partition coefficient (Wildman–Crippen LogP) is 3.88. The number of ether oxygens (including phenoxy) is 1. The number of benzene rings is 2. The largest absolute Gasteiger partial charge is 0.464 e. The number of rotatable bonds is 4. The van der Waals surface area contributed by atoms with Gasteiger partial charge in [0, 0.05) is 29.6 Å². The zero-order valence-corrected chi connectivity index (χ0v) is 21.8. The number of hydrogen-bond acceptors (Lipinski definition) is 8. The summed E-state index contributed by atoms with van der Waals surface area (Å²) in [5, 5.41) is 18.0. The second kappa shape index (κ2) is 9.59. The van der Waals surface area contributed by atoms with E-state index in [0.717, 1.165) is 10.5 Å². The van der Waals surface area contributed by atoms with Crippen molar-refractivity contribution in [2.75, 3.05) is 37.0 Å². The second-order valence-electron chi connectivity index (χ2n) is 8.97. The first kappa shape index (κ1) is 25.4. The number of methoxy groups -OCH3 is 1. The minimum absolute atomic E-state index is 0.0436. The third-order valence-corrected chi connectivity index (χ3v) is 7.41. The van der Waals surface area contributed by atoms with Gasteiger partial charge in [-0.15, -0.1) is 10.2 Å². The first-order valence-corrected chi connectivity index (χ1v) is 12.2. The number of urea groups is 1. The highest BCUT2D eigenvalue weighted by Crippen LogP contribution is 2.47. The van der Waals surface area contributed by atoms with Crippen molar-refractivity contribution in [3.8, 4) is 6.07 Å². The Hall–Kier alpha value is -4.20. The summed E-state index contributed by atoms with van der Waals surface area (Å²) >= 11 is 12.4. The van der Waals surface area contributed by atoms with Crippen LogP contribution in [0, 0.1) is 11.3 Å². The van der Waals surface area contributed by atoms with E-state index in [1.54, 1.807) is 37.4 Å². The summed E-state index contributed by atoms with van der Waals surface area (Å²) in [7, 11) is 2.83. The van der Waals surface area contributed by atoms with Crippen LogP contribution in [0.25, 0.3) is 0 Å². The molecule has 2 aliphatic rings. The van der Waals surface area contributed by atoms with E-state index in [2.05, 4.69) is 16.3 Å². The van der Waals surface area contributed by atoms with Crippen molar-refractivity contribution in [3.63, 3.8) is 0 Å². The molecule has 0 N–H and O–H groups in total. The molecule has 2 aliphatic heterocycles. The van der Waals surface area contributed by atoms with E-state index < -0.39 is 29.4 Å². The number of halogens is 2. The van der Waals surface area contributed by atoms with Crippen molar-refractivity contribution in [1.82, 2.24) is 15.1 Å². The normalized spacial score (nSPS) is 20.8. The van der Waals surface area contributed by atoms with Gasteiger partial charge in [-0.2, -0.15) is 5.26 Å². The maximum absolute atomic E-state index is 14.2. The fourth-order valence-electron chi connectivity index (χ4n) is 5.09. The summed E-state index contributed by atoms with van der Waals surface area (Å²) in [6.07, 6.45) is 0. The molecule has 10 nitrogen and oxygen atoms in total. The summed E-state index contributed by atoms with van der Waals surface area (Å²) in [4.78, 5) is 44.0. The fraction of sp³-hybridized carbons (Fsp3) is 0.231. The number of carbonyl (C=O) groups is 3. The summed E-state index contributed by atoms with van der Waals surface area (Å²) in [6.45, 7) is 0.418. The van der Waals surface area contributed by atoms with Gasteiger partial charge in [0.1, 0.15) is 5.54 Å². The average molecular weight is 551 g/mol. The number of aromatic nitrogens is 2. The Labute approximate surface area is 227 Å². The highest BCUT2D eigenvalue weighted by molar-refractivity contribution is 6.35. The quantitative estimate of drug-likeness (QED) is 0.354. The van der Waals surface area contributed by atoms with Gasteiger partial charge in [-0.1, -0.05) is 35.3 Å². The highest BCUT2D eigenvalue weighted by Gasteiger charge is 2.64. The Balaban J connectivity index is 1.60. The maximum Gasteiger partial charge on any atom is 0.358 e. The molecule has 3 amide bonds. The van der Waals surface area contributed by atoms with Gasteiger partial charge < -0.3 is 14.5 Å². The maximum atomic E-state index is 14.2. The van der Waals surface area contributed by atoms with E-state index in [9.17, 15) is 19.6 Å². The minimum Gasteiger partial charge on any atom is -0.464 e. The van der Waals surface area contributed by atoms with E-state index in [1.165, 1.54) is 36.3 Å².